The largest absolute Gasteiger partial charge is 0.497 e. The quantitative estimate of drug-likeness (QED) is 0.538. The summed E-state index contributed by atoms with van der Waals surface area (Å²) in [5.74, 6) is 0.569. The molecule has 0 aliphatic carbocycles. The van der Waals surface area contributed by atoms with Crippen molar-refractivity contribution in [3.05, 3.63) is 84.4 Å². The first-order valence-corrected chi connectivity index (χ1v) is 8.77. The predicted molar refractivity (Wildman–Crippen MR) is 110 cm³/mol. The molecule has 0 saturated carbocycles. The van der Waals surface area contributed by atoms with Crippen LogP contribution in [0.2, 0.25) is 0 Å². The Morgan fingerprint density at radius 3 is 2.46 bits per heavy atom. The summed E-state index contributed by atoms with van der Waals surface area (Å²) in [6, 6.07) is 22.6. The number of ether oxygens (including phenoxy) is 1. The summed E-state index contributed by atoms with van der Waals surface area (Å²) in [6.45, 7) is 0. The Morgan fingerprint density at radius 2 is 1.71 bits per heavy atom. The van der Waals surface area contributed by atoms with Crippen LogP contribution in [-0.2, 0) is 4.79 Å². The van der Waals surface area contributed by atoms with Gasteiger partial charge < -0.3 is 10.1 Å². The van der Waals surface area contributed by atoms with Crippen LogP contribution in [-0.4, -0.2) is 28.0 Å². The fourth-order valence-corrected chi connectivity index (χ4v) is 2.74. The van der Waals surface area contributed by atoms with Crippen LogP contribution in [0.25, 0.3) is 22.8 Å². The summed E-state index contributed by atoms with van der Waals surface area (Å²) >= 11 is 0. The number of amides is 1. The third kappa shape index (κ3) is 3.91. The SMILES string of the molecule is COc1ccc(-n2nc3ccc(NC(=O)/C=C\c4ccccc4)cc3n2)cc1. The van der Waals surface area contributed by atoms with E-state index in [1.807, 2.05) is 66.7 Å². The number of fused-ring (bicyclic) bond motifs is 1. The van der Waals surface area contributed by atoms with E-state index in [4.69, 9.17) is 4.74 Å². The molecule has 28 heavy (non-hydrogen) atoms. The van der Waals surface area contributed by atoms with Crippen LogP contribution in [0.15, 0.2) is 78.9 Å². The van der Waals surface area contributed by atoms with Gasteiger partial charge in [0.15, 0.2) is 0 Å². The van der Waals surface area contributed by atoms with Crippen LogP contribution >= 0.6 is 0 Å². The summed E-state index contributed by atoms with van der Waals surface area (Å²) in [5, 5.41) is 11.8. The van der Waals surface area contributed by atoms with Crippen LogP contribution in [0.5, 0.6) is 5.75 Å². The summed E-state index contributed by atoms with van der Waals surface area (Å²) in [7, 11) is 1.63. The standard InChI is InChI=1S/C22H18N4O2/c1-28-19-11-9-18(10-12-19)26-24-20-13-8-17(15-21(20)25-26)23-22(27)14-7-16-5-3-2-4-6-16/h2-15H,1H3,(H,23,27)/b14-7-. The Balaban J connectivity index is 1.51. The first-order valence-electron chi connectivity index (χ1n) is 8.77. The van der Waals surface area contributed by atoms with Crippen molar-refractivity contribution in [2.45, 2.75) is 0 Å². The minimum Gasteiger partial charge on any atom is -0.497 e. The molecule has 0 fully saturated rings. The fourth-order valence-electron chi connectivity index (χ4n) is 2.74. The van der Waals surface area contributed by atoms with E-state index < -0.39 is 0 Å². The van der Waals surface area contributed by atoms with Gasteiger partial charge in [0, 0.05) is 11.8 Å². The van der Waals surface area contributed by atoms with Gasteiger partial charge in [-0.3, -0.25) is 4.79 Å². The molecule has 0 aliphatic rings. The van der Waals surface area contributed by atoms with Gasteiger partial charge in [-0.05, 0) is 54.1 Å². The van der Waals surface area contributed by atoms with Crippen molar-refractivity contribution in [3.8, 4) is 11.4 Å². The van der Waals surface area contributed by atoms with Crippen molar-refractivity contribution in [2.75, 3.05) is 12.4 Å². The number of methoxy groups -OCH3 is 1. The van der Waals surface area contributed by atoms with Crippen LogP contribution in [0.1, 0.15) is 5.56 Å². The first-order chi connectivity index (χ1) is 13.7. The molecule has 0 bridgehead atoms. The van der Waals surface area contributed by atoms with E-state index in [1.54, 1.807) is 24.0 Å². The molecule has 3 aromatic carbocycles. The number of hydrogen-bond acceptors (Lipinski definition) is 4. The third-order valence-corrected chi connectivity index (χ3v) is 4.18. The van der Waals surface area contributed by atoms with Crippen molar-refractivity contribution in [1.29, 1.82) is 0 Å². The number of benzene rings is 3. The summed E-state index contributed by atoms with van der Waals surface area (Å²) in [4.78, 5) is 13.7. The van der Waals surface area contributed by atoms with Crippen molar-refractivity contribution in [2.24, 2.45) is 0 Å². The lowest BCUT2D eigenvalue weighted by Crippen LogP contribution is -2.07. The second-order valence-corrected chi connectivity index (χ2v) is 6.12. The smallest absolute Gasteiger partial charge is 0.248 e. The van der Waals surface area contributed by atoms with Gasteiger partial charge in [-0.25, -0.2) is 0 Å². The molecule has 138 valence electrons. The van der Waals surface area contributed by atoms with E-state index in [0.29, 0.717) is 11.2 Å². The summed E-state index contributed by atoms with van der Waals surface area (Å²) in [6.07, 6.45) is 3.28. The Kier molecular flexibility index (Phi) is 4.84. The van der Waals surface area contributed by atoms with Gasteiger partial charge in [-0.15, -0.1) is 10.2 Å². The van der Waals surface area contributed by atoms with Crippen LogP contribution < -0.4 is 10.1 Å². The van der Waals surface area contributed by atoms with Crippen LogP contribution in [0.3, 0.4) is 0 Å². The second-order valence-electron chi connectivity index (χ2n) is 6.12. The van der Waals surface area contributed by atoms with Crippen molar-refractivity contribution in [1.82, 2.24) is 15.0 Å². The highest BCUT2D eigenvalue weighted by atomic mass is 16.5. The predicted octanol–water partition coefficient (Wildman–Crippen LogP) is 4.08. The van der Waals surface area contributed by atoms with Crippen LogP contribution in [0.4, 0.5) is 5.69 Å². The maximum Gasteiger partial charge on any atom is 0.248 e. The van der Waals surface area contributed by atoms with E-state index in [2.05, 4.69) is 15.5 Å². The molecule has 1 aromatic heterocycles. The number of carbonyl (C=O) groups excluding carboxylic acids is 1. The van der Waals surface area contributed by atoms with E-state index in [1.165, 1.54) is 6.08 Å². The summed E-state index contributed by atoms with van der Waals surface area (Å²) < 4.78 is 5.17. The monoisotopic (exact) mass is 370 g/mol. The number of rotatable bonds is 5. The molecule has 1 N–H and O–H groups in total. The van der Waals surface area contributed by atoms with Gasteiger partial charge in [-0.1, -0.05) is 30.3 Å². The average Bonchev–Trinajstić information content (AvgIpc) is 3.16. The topological polar surface area (TPSA) is 69.0 Å². The molecule has 0 unspecified atom stereocenters. The van der Waals surface area contributed by atoms with Crippen molar-refractivity contribution < 1.29 is 9.53 Å². The zero-order valence-electron chi connectivity index (χ0n) is 15.2. The normalized spacial score (nSPS) is 11.0. The maximum atomic E-state index is 12.2. The second kappa shape index (κ2) is 7.75. The molecule has 6 nitrogen and oxygen atoms in total. The zero-order valence-corrected chi connectivity index (χ0v) is 15.2. The Hall–Kier alpha value is -3.93. The average molecular weight is 370 g/mol. The number of carbonyl (C=O) groups is 1. The molecule has 0 atom stereocenters. The minimum atomic E-state index is -0.203. The van der Waals surface area contributed by atoms with Crippen molar-refractivity contribution in [3.63, 3.8) is 0 Å². The lowest BCUT2D eigenvalue weighted by molar-refractivity contribution is -0.111. The van der Waals surface area contributed by atoms with E-state index in [-0.39, 0.29) is 5.91 Å². The molecule has 1 heterocycles. The number of hydrogen-bond donors (Lipinski definition) is 1. The van der Waals surface area contributed by atoms with Gasteiger partial charge in [0.25, 0.3) is 0 Å². The zero-order chi connectivity index (χ0) is 19.3. The highest BCUT2D eigenvalue weighted by molar-refractivity contribution is 6.02. The molecule has 0 aliphatic heterocycles. The fraction of sp³-hybridized carbons (Fsp3) is 0.0455. The van der Waals surface area contributed by atoms with Crippen LogP contribution in [0, 0.1) is 0 Å². The van der Waals surface area contributed by atoms with Gasteiger partial charge in [0.2, 0.25) is 5.91 Å². The molecular formula is C22H18N4O2. The third-order valence-electron chi connectivity index (χ3n) is 4.18. The molecule has 0 saturated heterocycles. The molecule has 4 aromatic rings. The van der Waals surface area contributed by atoms with Crippen molar-refractivity contribution >= 4 is 28.7 Å². The molecule has 0 radical (unpaired) electrons. The van der Waals surface area contributed by atoms with Gasteiger partial charge in [0.05, 0.1) is 12.8 Å². The molecule has 0 spiro atoms. The molecule has 6 heteroatoms. The Labute approximate surface area is 162 Å². The van der Waals surface area contributed by atoms with Gasteiger partial charge in [-0.2, -0.15) is 4.80 Å². The van der Waals surface area contributed by atoms with Gasteiger partial charge in [0.1, 0.15) is 16.8 Å². The highest BCUT2D eigenvalue weighted by Gasteiger charge is 2.07. The van der Waals surface area contributed by atoms with E-state index >= 15 is 0 Å². The van der Waals surface area contributed by atoms with E-state index in [0.717, 1.165) is 22.5 Å². The first kappa shape index (κ1) is 17.5. The maximum absolute atomic E-state index is 12.2. The number of nitrogens with one attached hydrogen (secondary N) is 1. The molecule has 1 amide bonds. The molecule has 4 rings (SSSR count). The summed E-state index contributed by atoms with van der Waals surface area (Å²) in [5.41, 5.74) is 3.90. The number of aromatic nitrogens is 3. The van der Waals surface area contributed by atoms with Gasteiger partial charge >= 0.3 is 0 Å². The van der Waals surface area contributed by atoms with E-state index in [9.17, 15) is 4.79 Å². The number of nitrogens with zero attached hydrogens (tertiary/aromatic N) is 3. The Bertz CT molecular complexity index is 1130. The number of anilines is 1. The highest BCUT2D eigenvalue weighted by Crippen LogP contribution is 2.19. The minimum absolute atomic E-state index is 0.203. The lowest BCUT2D eigenvalue weighted by Gasteiger charge is -2.01. The lowest BCUT2D eigenvalue weighted by atomic mass is 10.2. The Morgan fingerprint density at radius 1 is 0.964 bits per heavy atom. The molecular weight excluding hydrogens is 352 g/mol.